The Bertz CT molecular complexity index is 811. The Balaban J connectivity index is 1.78. The quantitative estimate of drug-likeness (QED) is 0.573. The zero-order chi connectivity index (χ0) is 16.9. The number of carbonyl (C=O) groups excluding carboxylic acids is 1. The van der Waals surface area contributed by atoms with Gasteiger partial charge in [-0.15, -0.1) is 0 Å². The predicted molar refractivity (Wildman–Crippen MR) is 99.9 cm³/mol. The standard InChI is InChI=1S/C20H19NO2S/c1-3-21-16-10-5-7-13-19(16)24-20(21)14-8-11-17(22)15-9-4-6-12-18(15)23-2/h4-14H,3H2,1-2H3. The summed E-state index contributed by atoms with van der Waals surface area (Å²) in [5.74, 6) is 0.533. The van der Waals surface area contributed by atoms with Gasteiger partial charge in [0.1, 0.15) is 5.75 Å². The highest BCUT2D eigenvalue weighted by molar-refractivity contribution is 8.03. The van der Waals surface area contributed by atoms with Crippen molar-refractivity contribution in [1.29, 1.82) is 0 Å². The minimum absolute atomic E-state index is 0.0622. The van der Waals surface area contributed by atoms with E-state index in [2.05, 4.69) is 24.0 Å². The highest BCUT2D eigenvalue weighted by atomic mass is 32.2. The second-order valence-electron chi connectivity index (χ2n) is 5.24. The zero-order valence-corrected chi connectivity index (χ0v) is 14.5. The van der Waals surface area contributed by atoms with Crippen LogP contribution >= 0.6 is 11.8 Å². The molecular formula is C20H19NO2S. The summed E-state index contributed by atoms with van der Waals surface area (Å²) >= 11 is 1.72. The van der Waals surface area contributed by atoms with Gasteiger partial charge in [0.25, 0.3) is 0 Å². The first-order chi connectivity index (χ1) is 11.7. The molecule has 3 nitrogen and oxygen atoms in total. The smallest absolute Gasteiger partial charge is 0.189 e. The third-order valence-corrected chi connectivity index (χ3v) is 4.94. The van der Waals surface area contributed by atoms with Crippen LogP contribution in [0.4, 0.5) is 5.69 Å². The van der Waals surface area contributed by atoms with Crippen molar-refractivity contribution in [2.75, 3.05) is 18.6 Å². The maximum absolute atomic E-state index is 12.4. The molecule has 122 valence electrons. The van der Waals surface area contributed by atoms with Crippen molar-refractivity contribution in [1.82, 2.24) is 0 Å². The first-order valence-electron chi connectivity index (χ1n) is 7.84. The van der Waals surface area contributed by atoms with Gasteiger partial charge in [0.15, 0.2) is 5.78 Å². The number of ketones is 1. The Morgan fingerprint density at radius 3 is 2.71 bits per heavy atom. The fourth-order valence-electron chi connectivity index (χ4n) is 2.66. The van der Waals surface area contributed by atoms with E-state index in [1.807, 2.05) is 36.4 Å². The summed E-state index contributed by atoms with van der Waals surface area (Å²) in [5, 5.41) is 1.13. The van der Waals surface area contributed by atoms with E-state index in [0.717, 1.165) is 11.6 Å². The van der Waals surface area contributed by atoms with Gasteiger partial charge in [0, 0.05) is 11.4 Å². The highest BCUT2D eigenvalue weighted by Gasteiger charge is 2.22. The number of benzene rings is 2. The van der Waals surface area contributed by atoms with Gasteiger partial charge in [0.05, 0.1) is 23.4 Å². The fourth-order valence-corrected chi connectivity index (χ4v) is 3.80. The van der Waals surface area contributed by atoms with Gasteiger partial charge in [-0.2, -0.15) is 0 Å². The van der Waals surface area contributed by atoms with Crippen molar-refractivity contribution in [2.24, 2.45) is 0 Å². The number of ether oxygens (including phenoxy) is 1. The molecule has 2 aromatic rings. The average Bonchev–Trinajstić information content (AvgIpc) is 2.98. The molecule has 1 aliphatic rings. The van der Waals surface area contributed by atoms with Crippen LogP contribution in [0.15, 0.2) is 76.7 Å². The van der Waals surface area contributed by atoms with E-state index in [1.165, 1.54) is 10.6 Å². The van der Waals surface area contributed by atoms with Crippen LogP contribution in [0.2, 0.25) is 0 Å². The Kier molecular flexibility index (Phi) is 5.06. The van der Waals surface area contributed by atoms with Gasteiger partial charge >= 0.3 is 0 Å². The van der Waals surface area contributed by atoms with E-state index in [0.29, 0.717) is 11.3 Å². The summed E-state index contributed by atoms with van der Waals surface area (Å²) < 4.78 is 5.24. The third kappa shape index (κ3) is 3.24. The molecule has 1 heterocycles. The van der Waals surface area contributed by atoms with Crippen molar-refractivity contribution in [2.45, 2.75) is 11.8 Å². The number of rotatable bonds is 5. The molecule has 0 unspecified atom stereocenters. The summed E-state index contributed by atoms with van der Waals surface area (Å²) in [6, 6.07) is 15.6. The average molecular weight is 337 g/mol. The number of hydrogen-bond donors (Lipinski definition) is 0. The number of nitrogens with zero attached hydrogens (tertiary/aromatic N) is 1. The SMILES string of the molecule is CCN1C(=CC=CC(=O)c2ccccc2OC)Sc2ccccc21. The maximum Gasteiger partial charge on any atom is 0.189 e. The molecule has 0 radical (unpaired) electrons. The number of allylic oxidation sites excluding steroid dienone is 3. The molecule has 0 bridgehead atoms. The molecule has 0 N–H and O–H groups in total. The van der Waals surface area contributed by atoms with Crippen molar-refractivity contribution < 1.29 is 9.53 Å². The van der Waals surface area contributed by atoms with Crippen molar-refractivity contribution in [3.05, 3.63) is 77.4 Å². The molecule has 0 fully saturated rings. The van der Waals surface area contributed by atoms with Gasteiger partial charge < -0.3 is 9.64 Å². The number of methoxy groups -OCH3 is 1. The lowest BCUT2D eigenvalue weighted by Crippen LogP contribution is -2.16. The number of fused-ring (bicyclic) bond motifs is 1. The number of thioether (sulfide) groups is 1. The first kappa shape index (κ1) is 16.4. The molecule has 24 heavy (non-hydrogen) atoms. The maximum atomic E-state index is 12.4. The predicted octanol–water partition coefficient (Wildman–Crippen LogP) is 4.91. The molecule has 0 aromatic heterocycles. The van der Waals surface area contributed by atoms with Gasteiger partial charge in [-0.1, -0.05) is 42.1 Å². The van der Waals surface area contributed by atoms with Gasteiger partial charge in [-0.25, -0.2) is 0 Å². The lowest BCUT2D eigenvalue weighted by Gasteiger charge is -2.17. The fraction of sp³-hybridized carbons (Fsp3) is 0.150. The van der Waals surface area contributed by atoms with E-state index < -0.39 is 0 Å². The van der Waals surface area contributed by atoms with Crippen LogP contribution in [0.25, 0.3) is 0 Å². The monoisotopic (exact) mass is 337 g/mol. The normalized spacial score (nSPS) is 15.1. The first-order valence-corrected chi connectivity index (χ1v) is 8.66. The van der Waals surface area contributed by atoms with E-state index in [1.54, 1.807) is 37.1 Å². The van der Waals surface area contributed by atoms with Crippen LogP contribution in [-0.2, 0) is 0 Å². The minimum Gasteiger partial charge on any atom is -0.496 e. The Morgan fingerprint density at radius 1 is 1.17 bits per heavy atom. The lowest BCUT2D eigenvalue weighted by atomic mass is 10.1. The molecule has 0 saturated heterocycles. The molecule has 1 aliphatic heterocycles. The summed E-state index contributed by atoms with van der Waals surface area (Å²) in [4.78, 5) is 15.8. The summed E-state index contributed by atoms with van der Waals surface area (Å²) in [6.07, 6.45) is 5.38. The third-order valence-electron chi connectivity index (χ3n) is 3.81. The Labute approximate surface area is 146 Å². The van der Waals surface area contributed by atoms with Crippen LogP contribution in [0.3, 0.4) is 0 Å². The molecule has 0 aliphatic carbocycles. The molecule has 4 heteroatoms. The van der Waals surface area contributed by atoms with Gasteiger partial charge in [0.2, 0.25) is 0 Å². The van der Waals surface area contributed by atoms with Crippen LogP contribution in [0.5, 0.6) is 5.75 Å². The van der Waals surface area contributed by atoms with Crippen LogP contribution in [0, 0.1) is 0 Å². The van der Waals surface area contributed by atoms with Crippen LogP contribution in [0.1, 0.15) is 17.3 Å². The Hall–Kier alpha value is -2.46. The van der Waals surface area contributed by atoms with Crippen molar-refractivity contribution in [3.63, 3.8) is 0 Å². The topological polar surface area (TPSA) is 29.5 Å². The van der Waals surface area contributed by atoms with E-state index >= 15 is 0 Å². The molecular weight excluding hydrogens is 318 g/mol. The van der Waals surface area contributed by atoms with Gasteiger partial charge in [-0.05, 0) is 43.3 Å². The van der Waals surface area contributed by atoms with E-state index in [4.69, 9.17) is 4.74 Å². The molecule has 0 spiro atoms. The molecule has 2 aromatic carbocycles. The van der Waals surface area contributed by atoms with Crippen LogP contribution in [-0.4, -0.2) is 19.4 Å². The van der Waals surface area contributed by atoms with E-state index in [-0.39, 0.29) is 5.78 Å². The Morgan fingerprint density at radius 2 is 1.92 bits per heavy atom. The van der Waals surface area contributed by atoms with Crippen molar-refractivity contribution in [3.8, 4) is 5.75 Å². The second-order valence-corrected chi connectivity index (χ2v) is 6.30. The number of carbonyl (C=O) groups is 1. The summed E-state index contributed by atoms with van der Waals surface area (Å²) in [5.41, 5.74) is 1.80. The van der Waals surface area contributed by atoms with Gasteiger partial charge in [-0.3, -0.25) is 4.79 Å². The highest BCUT2D eigenvalue weighted by Crippen LogP contribution is 2.45. The minimum atomic E-state index is -0.0622. The second kappa shape index (κ2) is 7.41. The van der Waals surface area contributed by atoms with Crippen LogP contribution < -0.4 is 9.64 Å². The molecule has 0 atom stereocenters. The zero-order valence-electron chi connectivity index (χ0n) is 13.7. The summed E-state index contributed by atoms with van der Waals surface area (Å²) in [7, 11) is 1.57. The number of para-hydroxylation sites is 2. The molecule has 0 saturated carbocycles. The van der Waals surface area contributed by atoms with Crippen molar-refractivity contribution >= 4 is 23.2 Å². The number of anilines is 1. The lowest BCUT2D eigenvalue weighted by molar-refractivity contribution is 0.104. The van der Waals surface area contributed by atoms with E-state index in [9.17, 15) is 4.79 Å². The molecule has 3 rings (SSSR count). The summed E-state index contributed by atoms with van der Waals surface area (Å²) in [6.45, 7) is 3.02. The number of hydrogen-bond acceptors (Lipinski definition) is 4. The largest absolute Gasteiger partial charge is 0.496 e. The molecule has 0 amide bonds.